The lowest BCUT2D eigenvalue weighted by molar-refractivity contribution is 0.0712. The van der Waals surface area contributed by atoms with E-state index in [1.54, 1.807) is 0 Å². The van der Waals surface area contributed by atoms with E-state index in [1.165, 1.54) is 11.3 Å². The van der Waals surface area contributed by atoms with Crippen LogP contribution in [0.3, 0.4) is 0 Å². The van der Waals surface area contributed by atoms with Crippen LogP contribution in [-0.4, -0.2) is 56.4 Å². The van der Waals surface area contributed by atoms with E-state index in [9.17, 15) is 0 Å². The van der Waals surface area contributed by atoms with Crippen LogP contribution in [0, 0.1) is 20.8 Å². The predicted molar refractivity (Wildman–Crippen MR) is 82.4 cm³/mol. The van der Waals surface area contributed by atoms with Gasteiger partial charge < -0.3 is 4.52 Å². The molecule has 0 unspecified atom stereocenters. The fraction of sp³-hybridized carbons (Fsp3) is 0.667. The van der Waals surface area contributed by atoms with Crippen molar-refractivity contribution in [3.05, 3.63) is 28.7 Å². The summed E-state index contributed by atoms with van der Waals surface area (Å²) in [7, 11) is 4.11. The van der Waals surface area contributed by atoms with Crippen LogP contribution >= 0.6 is 0 Å². The first-order valence-electron chi connectivity index (χ1n) is 7.67. The van der Waals surface area contributed by atoms with Gasteiger partial charge in [-0.3, -0.25) is 14.5 Å². The fourth-order valence-corrected chi connectivity index (χ4v) is 3.06. The zero-order valence-electron chi connectivity index (χ0n) is 14.0. The summed E-state index contributed by atoms with van der Waals surface area (Å²) in [6, 6.07) is 0.159. The molecule has 0 spiro atoms. The number of hydrogen-bond donors (Lipinski definition) is 0. The molecule has 1 fully saturated rings. The molecule has 7 nitrogen and oxygen atoms in total. The zero-order valence-corrected chi connectivity index (χ0v) is 14.0. The van der Waals surface area contributed by atoms with Crippen LogP contribution in [0.4, 0.5) is 0 Å². The number of hydrogen-bond acceptors (Lipinski definition) is 6. The minimum Gasteiger partial charge on any atom is -0.338 e. The Hall–Kier alpha value is -1.73. The Balaban J connectivity index is 1.75. The molecule has 3 rings (SSSR count). The fourth-order valence-electron chi connectivity index (χ4n) is 3.06. The largest absolute Gasteiger partial charge is 0.338 e. The first-order chi connectivity index (χ1) is 10.5. The first kappa shape index (κ1) is 15.2. The third kappa shape index (κ3) is 2.78. The van der Waals surface area contributed by atoms with Crippen LogP contribution in [0.15, 0.2) is 4.52 Å². The SMILES string of the molecule is Cc1noc([C@H]2CN(Cc3c(C)nn(C)c3C)CCN2C)n1. The van der Waals surface area contributed by atoms with Crippen molar-refractivity contribution in [1.82, 2.24) is 29.7 Å². The summed E-state index contributed by atoms with van der Waals surface area (Å²) in [4.78, 5) is 9.13. The zero-order chi connectivity index (χ0) is 15.9. The Morgan fingerprint density at radius 1 is 1.18 bits per heavy atom. The number of likely N-dealkylation sites (N-methyl/N-ethyl adjacent to an activating group) is 1. The molecule has 120 valence electrons. The van der Waals surface area contributed by atoms with Gasteiger partial charge in [-0.15, -0.1) is 0 Å². The van der Waals surface area contributed by atoms with Crippen molar-refractivity contribution in [1.29, 1.82) is 0 Å². The average molecular weight is 304 g/mol. The van der Waals surface area contributed by atoms with Crippen molar-refractivity contribution in [2.24, 2.45) is 7.05 Å². The van der Waals surface area contributed by atoms with E-state index in [4.69, 9.17) is 4.52 Å². The van der Waals surface area contributed by atoms with E-state index < -0.39 is 0 Å². The van der Waals surface area contributed by atoms with Crippen molar-refractivity contribution in [3.63, 3.8) is 0 Å². The Morgan fingerprint density at radius 2 is 1.95 bits per heavy atom. The van der Waals surface area contributed by atoms with Gasteiger partial charge in [0, 0.05) is 44.5 Å². The smallest absolute Gasteiger partial charge is 0.245 e. The van der Waals surface area contributed by atoms with Gasteiger partial charge in [-0.25, -0.2) is 0 Å². The molecule has 0 N–H and O–H groups in total. The number of aromatic nitrogens is 4. The quantitative estimate of drug-likeness (QED) is 0.849. The van der Waals surface area contributed by atoms with E-state index in [0.717, 1.165) is 31.9 Å². The minimum atomic E-state index is 0.159. The van der Waals surface area contributed by atoms with Gasteiger partial charge in [0.2, 0.25) is 5.89 Å². The summed E-state index contributed by atoms with van der Waals surface area (Å²) in [5.74, 6) is 1.41. The summed E-state index contributed by atoms with van der Waals surface area (Å²) in [6.07, 6.45) is 0. The Labute approximate surface area is 130 Å². The van der Waals surface area contributed by atoms with Crippen molar-refractivity contribution in [3.8, 4) is 0 Å². The average Bonchev–Trinajstić information content (AvgIpc) is 3.00. The van der Waals surface area contributed by atoms with E-state index in [1.807, 2.05) is 18.7 Å². The van der Waals surface area contributed by atoms with E-state index in [0.29, 0.717) is 11.7 Å². The molecule has 2 aromatic rings. The summed E-state index contributed by atoms with van der Waals surface area (Å²) < 4.78 is 7.34. The number of rotatable bonds is 3. The molecule has 1 aliphatic rings. The van der Waals surface area contributed by atoms with Crippen LogP contribution < -0.4 is 0 Å². The van der Waals surface area contributed by atoms with Crippen LogP contribution in [0.25, 0.3) is 0 Å². The van der Waals surface area contributed by atoms with Gasteiger partial charge in [0.05, 0.1) is 5.69 Å². The molecule has 0 aromatic carbocycles. The van der Waals surface area contributed by atoms with Gasteiger partial charge in [-0.05, 0) is 27.8 Å². The summed E-state index contributed by atoms with van der Waals surface area (Å²) in [5, 5.41) is 8.43. The maximum atomic E-state index is 5.38. The molecular weight excluding hydrogens is 280 g/mol. The van der Waals surface area contributed by atoms with Gasteiger partial charge in [0.25, 0.3) is 0 Å². The molecular formula is C15H24N6O. The molecule has 22 heavy (non-hydrogen) atoms. The topological polar surface area (TPSA) is 63.2 Å². The standard InChI is InChI=1S/C15H24N6O/c1-10-13(11(2)20(5)17-10)8-21-7-6-19(4)14(9-21)15-16-12(3)18-22-15/h14H,6-9H2,1-5H3/t14-/m1/s1. The highest BCUT2D eigenvalue weighted by Gasteiger charge is 2.30. The van der Waals surface area contributed by atoms with Crippen LogP contribution in [0.5, 0.6) is 0 Å². The van der Waals surface area contributed by atoms with Gasteiger partial charge in [-0.2, -0.15) is 10.1 Å². The lowest BCUT2D eigenvalue weighted by Gasteiger charge is -2.37. The molecule has 0 radical (unpaired) electrons. The van der Waals surface area contributed by atoms with Crippen LogP contribution in [0.2, 0.25) is 0 Å². The van der Waals surface area contributed by atoms with E-state index in [2.05, 4.69) is 45.9 Å². The van der Waals surface area contributed by atoms with Crippen molar-refractivity contribution >= 4 is 0 Å². The molecule has 0 saturated carbocycles. The number of nitrogens with zero attached hydrogens (tertiary/aromatic N) is 6. The number of piperazine rings is 1. The summed E-state index contributed by atoms with van der Waals surface area (Å²) in [6.45, 7) is 9.91. The second-order valence-electron chi connectivity index (χ2n) is 6.18. The maximum absolute atomic E-state index is 5.38. The minimum absolute atomic E-state index is 0.159. The highest BCUT2D eigenvalue weighted by atomic mass is 16.5. The van der Waals surface area contributed by atoms with Gasteiger partial charge >= 0.3 is 0 Å². The number of aryl methyl sites for hydroxylation is 3. The van der Waals surface area contributed by atoms with E-state index >= 15 is 0 Å². The molecule has 0 aliphatic carbocycles. The predicted octanol–water partition coefficient (Wildman–Crippen LogP) is 1.22. The normalized spacial score (nSPS) is 20.7. The molecule has 1 saturated heterocycles. The van der Waals surface area contributed by atoms with Gasteiger partial charge in [0.15, 0.2) is 5.82 Å². The highest BCUT2D eigenvalue weighted by molar-refractivity contribution is 5.24. The molecule has 3 heterocycles. The summed E-state index contributed by atoms with van der Waals surface area (Å²) >= 11 is 0. The highest BCUT2D eigenvalue weighted by Crippen LogP contribution is 2.25. The van der Waals surface area contributed by atoms with E-state index in [-0.39, 0.29) is 6.04 Å². The summed E-state index contributed by atoms with van der Waals surface area (Å²) in [5.41, 5.74) is 3.68. The second kappa shape index (κ2) is 5.81. The lowest BCUT2D eigenvalue weighted by atomic mass is 10.1. The Bertz CT molecular complexity index is 661. The van der Waals surface area contributed by atoms with Crippen molar-refractivity contribution in [2.45, 2.75) is 33.4 Å². The van der Waals surface area contributed by atoms with Crippen molar-refractivity contribution < 1.29 is 4.52 Å². The molecule has 7 heteroatoms. The molecule has 2 aromatic heterocycles. The van der Waals surface area contributed by atoms with Gasteiger partial charge in [-0.1, -0.05) is 5.16 Å². The Kier molecular flexibility index (Phi) is 4.01. The Morgan fingerprint density at radius 3 is 2.55 bits per heavy atom. The molecule has 0 amide bonds. The third-order valence-electron chi connectivity index (χ3n) is 4.60. The third-order valence-corrected chi connectivity index (χ3v) is 4.60. The van der Waals surface area contributed by atoms with Crippen LogP contribution in [0.1, 0.15) is 34.7 Å². The molecule has 0 bridgehead atoms. The monoisotopic (exact) mass is 304 g/mol. The maximum Gasteiger partial charge on any atom is 0.245 e. The van der Waals surface area contributed by atoms with Gasteiger partial charge in [0.1, 0.15) is 6.04 Å². The molecule has 1 aliphatic heterocycles. The molecule has 1 atom stereocenters. The lowest BCUT2D eigenvalue weighted by Crippen LogP contribution is -2.46. The van der Waals surface area contributed by atoms with Crippen LogP contribution in [-0.2, 0) is 13.6 Å². The second-order valence-corrected chi connectivity index (χ2v) is 6.18. The first-order valence-corrected chi connectivity index (χ1v) is 7.67. The van der Waals surface area contributed by atoms with Crippen molar-refractivity contribution in [2.75, 3.05) is 26.7 Å².